The van der Waals surface area contributed by atoms with Gasteiger partial charge < -0.3 is 9.47 Å². The number of aryl methyl sites for hydroxylation is 3. The van der Waals surface area contributed by atoms with Crippen LogP contribution in [0.5, 0.6) is 0 Å². The van der Waals surface area contributed by atoms with E-state index in [1.54, 1.807) is 7.05 Å². The lowest BCUT2D eigenvalue weighted by molar-refractivity contribution is 0.602. The van der Waals surface area contributed by atoms with Gasteiger partial charge in [-0.2, -0.15) is 4.98 Å². The molecule has 0 saturated carbocycles. The fourth-order valence-corrected chi connectivity index (χ4v) is 3.60. The van der Waals surface area contributed by atoms with Crippen molar-refractivity contribution in [3.05, 3.63) is 50.7 Å². The van der Waals surface area contributed by atoms with Crippen LogP contribution in [0.4, 0.5) is 11.6 Å². The lowest BCUT2D eigenvalue weighted by atomic mass is 10.1. The molecule has 0 spiro atoms. The molecule has 26 heavy (non-hydrogen) atoms. The van der Waals surface area contributed by atoms with Gasteiger partial charge in [-0.05, 0) is 37.0 Å². The molecule has 3 heterocycles. The largest absolute Gasteiger partial charge is 0.329 e. The highest BCUT2D eigenvalue weighted by atomic mass is 16.2. The van der Waals surface area contributed by atoms with Crippen LogP contribution in [0.3, 0.4) is 0 Å². The first kappa shape index (κ1) is 16.6. The Morgan fingerprint density at radius 2 is 1.92 bits per heavy atom. The lowest BCUT2D eigenvalue weighted by Gasteiger charge is -2.29. The number of imidazole rings is 1. The first-order chi connectivity index (χ1) is 12.6. The van der Waals surface area contributed by atoms with Gasteiger partial charge in [0.1, 0.15) is 0 Å². The summed E-state index contributed by atoms with van der Waals surface area (Å²) >= 11 is 0. The van der Waals surface area contributed by atoms with E-state index in [1.807, 2.05) is 4.57 Å². The van der Waals surface area contributed by atoms with Crippen LogP contribution in [0.1, 0.15) is 31.7 Å². The number of nitrogens with zero attached hydrogens (tertiary/aromatic N) is 4. The van der Waals surface area contributed by atoms with E-state index in [-0.39, 0.29) is 5.56 Å². The van der Waals surface area contributed by atoms with E-state index < -0.39 is 5.69 Å². The Morgan fingerprint density at radius 1 is 1.15 bits per heavy atom. The van der Waals surface area contributed by atoms with Crippen LogP contribution < -0.4 is 16.1 Å². The highest BCUT2D eigenvalue weighted by Crippen LogP contribution is 2.31. The van der Waals surface area contributed by atoms with Crippen LogP contribution >= 0.6 is 0 Å². The zero-order valence-electron chi connectivity index (χ0n) is 15.2. The van der Waals surface area contributed by atoms with E-state index in [0.717, 1.165) is 37.6 Å². The summed E-state index contributed by atoms with van der Waals surface area (Å²) in [5, 5.41) is 0. The standard InChI is InChI=1S/C19H23N5O2/c1-3-4-6-13-7-9-14(10-8-13)23-11-5-12-24-15-16(20-18(23)24)22(2)19(26)21-17(15)25/h7-10H,3-6,11-12H2,1-2H3,(H,21,25,26). The predicted octanol–water partition coefficient (Wildman–Crippen LogP) is 2.31. The Labute approximate surface area is 150 Å². The Morgan fingerprint density at radius 3 is 2.65 bits per heavy atom. The summed E-state index contributed by atoms with van der Waals surface area (Å²) in [6.45, 7) is 3.75. The van der Waals surface area contributed by atoms with E-state index in [1.165, 1.54) is 23.0 Å². The average Bonchev–Trinajstić information content (AvgIpc) is 3.05. The maximum absolute atomic E-state index is 12.3. The topological polar surface area (TPSA) is 75.9 Å². The minimum absolute atomic E-state index is 0.376. The summed E-state index contributed by atoms with van der Waals surface area (Å²) in [6.07, 6.45) is 4.38. The molecule has 0 fully saturated rings. The number of hydrogen-bond acceptors (Lipinski definition) is 4. The summed E-state index contributed by atoms with van der Waals surface area (Å²) < 4.78 is 3.32. The van der Waals surface area contributed by atoms with Crippen molar-refractivity contribution in [1.82, 2.24) is 19.1 Å². The molecule has 0 aliphatic carbocycles. The molecule has 0 atom stereocenters. The number of anilines is 2. The number of unbranched alkanes of at least 4 members (excludes halogenated alkanes) is 1. The summed E-state index contributed by atoms with van der Waals surface area (Å²) in [4.78, 5) is 33.3. The van der Waals surface area contributed by atoms with E-state index in [9.17, 15) is 9.59 Å². The lowest BCUT2D eigenvalue weighted by Crippen LogP contribution is -2.31. The van der Waals surface area contributed by atoms with Crippen LogP contribution in [-0.4, -0.2) is 25.6 Å². The van der Waals surface area contributed by atoms with Gasteiger partial charge in [0.05, 0.1) is 0 Å². The number of hydrogen-bond donors (Lipinski definition) is 1. The maximum atomic E-state index is 12.3. The zero-order chi connectivity index (χ0) is 18.3. The van der Waals surface area contributed by atoms with Gasteiger partial charge in [-0.1, -0.05) is 25.5 Å². The number of fused-ring (bicyclic) bond motifs is 3. The second kappa shape index (κ2) is 6.48. The molecule has 1 aliphatic heterocycles. The average molecular weight is 353 g/mol. The van der Waals surface area contributed by atoms with Crippen molar-refractivity contribution in [2.24, 2.45) is 7.05 Å². The second-order valence-corrected chi connectivity index (χ2v) is 6.83. The van der Waals surface area contributed by atoms with Gasteiger partial charge in [-0.3, -0.25) is 14.3 Å². The molecule has 0 bridgehead atoms. The third-order valence-corrected chi connectivity index (χ3v) is 5.06. The highest BCUT2D eigenvalue weighted by molar-refractivity contribution is 5.76. The molecule has 4 rings (SSSR count). The van der Waals surface area contributed by atoms with Crippen molar-refractivity contribution in [3.8, 4) is 0 Å². The van der Waals surface area contributed by atoms with Crippen LogP contribution in [0.2, 0.25) is 0 Å². The van der Waals surface area contributed by atoms with Crippen LogP contribution in [0.15, 0.2) is 33.9 Å². The van der Waals surface area contributed by atoms with Gasteiger partial charge in [0.15, 0.2) is 11.2 Å². The van der Waals surface area contributed by atoms with Crippen LogP contribution in [-0.2, 0) is 20.0 Å². The molecule has 0 amide bonds. The highest BCUT2D eigenvalue weighted by Gasteiger charge is 2.25. The van der Waals surface area contributed by atoms with Crippen molar-refractivity contribution in [3.63, 3.8) is 0 Å². The molecular formula is C19H23N5O2. The molecule has 3 aromatic rings. The number of benzene rings is 1. The normalized spacial score (nSPS) is 14.0. The smallest absolute Gasteiger partial charge is 0.312 e. The number of rotatable bonds is 4. The van der Waals surface area contributed by atoms with Gasteiger partial charge in [-0.15, -0.1) is 0 Å². The second-order valence-electron chi connectivity index (χ2n) is 6.83. The fourth-order valence-electron chi connectivity index (χ4n) is 3.60. The van der Waals surface area contributed by atoms with Crippen molar-refractivity contribution in [1.29, 1.82) is 0 Å². The monoisotopic (exact) mass is 353 g/mol. The summed E-state index contributed by atoms with van der Waals surface area (Å²) in [6, 6.07) is 8.55. The van der Waals surface area contributed by atoms with Crippen LogP contribution in [0.25, 0.3) is 11.2 Å². The van der Waals surface area contributed by atoms with Crippen molar-refractivity contribution >= 4 is 22.8 Å². The molecule has 0 radical (unpaired) electrons. The predicted molar refractivity (Wildman–Crippen MR) is 102 cm³/mol. The van der Waals surface area contributed by atoms with Gasteiger partial charge in [-0.25, -0.2) is 4.79 Å². The molecule has 1 aromatic carbocycles. The van der Waals surface area contributed by atoms with E-state index >= 15 is 0 Å². The number of nitrogens with one attached hydrogen (secondary N) is 1. The van der Waals surface area contributed by atoms with E-state index in [0.29, 0.717) is 11.2 Å². The van der Waals surface area contributed by atoms with Gasteiger partial charge in [0.25, 0.3) is 5.56 Å². The summed E-state index contributed by atoms with van der Waals surface area (Å²) in [7, 11) is 1.63. The van der Waals surface area contributed by atoms with Crippen molar-refractivity contribution in [2.75, 3.05) is 11.4 Å². The first-order valence-electron chi connectivity index (χ1n) is 9.16. The van der Waals surface area contributed by atoms with Crippen LogP contribution in [0, 0.1) is 0 Å². The molecule has 1 N–H and O–H groups in total. The Balaban J connectivity index is 1.79. The van der Waals surface area contributed by atoms with E-state index in [4.69, 9.17) is 0 Å². The summed E-state index contributed by atoms with van der Waals surface area (Å²) in [5.41, 5.74) is 2.47. The number of aromatic amines is 1. The van der Waals surface area contributed by atoms with Crippen molar-refractivity contribution in [2.45, 2.75) is 39.2 Å². The molecule has 0 unspecified atom stereocenters. The summed E-state index contributed by atoms with van der Waals surface area (Å²) in [5.74, 6) is 0.722. The Kier molecular flexibility index (Phi) is 4.14. The SMILES string of the molecule is CCCCc1ccc(N2CCCn3c2nc2c3c(=O)[nH]c(=O)n2C)cc1. The Bertz CT molecular complexity index is 1060. The molecule has 2 aromatic heterocycles. The zero-order valence-corrected chi connectivity index (χ0v) is 15.2. The fraction of sp³-hybridized carbons (Fsp3) is 0.421. The molecule has 0 saturated heterocycles. The van der Waals surface area contributed by atoms with Gasteiger partial charge in [0, 0.05) is 25.8 Å². The number of H-pyrrole nitrogens is 1. The molecular weight excluding hydrogens is 330 g/mol. The van der Waals surface area contributed by atoms with Gasteiger partial charge in [0.2, 0.25) is 5.95 Å². The van der Waals surface area contributed by atoms with E-state index in [2.05, 4.69) is 46.1 Å². The maximum Gasteiger partial charge on any atom is 0.329 e. The van der Waals surface area contributed by atoms with Gasteiger partial charge >= 0.3 is 5.69 Å². The Hall–Kier alpha value is -2.83. The third kappa shape index (κ3) is 2.64. The quantitative estimate of drug-likeness (QED) is 0.781. The third-order valence-electron chi connectivity index (χ3n) is 5.06. The molecule has 7 nitrogen and oxygen atoms in total. The first-order valence-corrected chi connectivity index (χ1v) is 9.16. The van der Waals surface area contributed by atoms with Crippen molar-refractivity contribution < 1.29 is 0 Å². The molecule has 1 aliphatic rings. The number of aromatic nitrogens is 4. The minimum Gasteiger partial charge on any atom is -0.312 e. The molecule has 7 heteroatoms. The molecule has 136 valence electrons. The minimum atomic E-state index is -0.440.